The van der Waals surface area contributed by atoms with E-state index in [0.29, 0.717) is 12.0 Å². The molecule has 0 aliphatic carbocycles. The number of benzene rings is 1. The van der Waals surface area contributed by atoms with Crippen LogP contribution in [0.25, 0.3) is 22.3 Å². The first-order valence-corrected chi connectivity index (χ1v) is 10.5. The normalized spacial score (nSPS) is 18.6. The number of H-pyrrole nitrogens is 1. The third-order valence-electron chi connectivity index (χ3n) is 5.32. The quantitative estimate of drug-likeness (QED) is 0.433. The molecule has 6 heteroatoms. The topological polar surface area (TPSA) is 58.5 Å². The Hall–Kier alpha value is -2.57. The fourth-order valence-electron chi connectivity index (χ4n) is 3.86. The van der Waals surface area contributed by atoms with Gasteiger partial charge in [0.25, 0.3) is 0 Å². The van der Waals surface area contributed by atoms with Crippen molar-refractivity contribution in [3.63, 3.8) is 0 Å². The highest BCUT2D eigenvalue weighted by molar-refractivity contribution is 7.80. The average Bonchev–Trinajstić information content (AvgIpc) is 3.44. The van der Waals surface area contributed by atoms with Crippen molar-refractivity contribution in [1.82, 2.24) is 25.1 Å². The van der Waals surface area contributed by atoms with E-state index in [1.165, 1.54) is 17.5 Å². The summed E-state index contributed by atoms with van der Waals surface area (Å²) in [7, 11) is 0. The van der Waals surface area contributed by atoms with Gasteiger partial charge in [-0.2, -0.15) is 5.10 Å². The van der Waals surface area contributed by atoms with Crippen LogP contribution >= 0.6 is 12.6 Å². The molecule has 3 aromatic heterocycles. The van der Waals surface area contributed by atoms with Gasteiger partial charge in [-0.25, -0.2) is 4.98 Å². The number of pyridine rings is 1. The zero-order valence-electron chi connectivity index (χ0n) is 16.8. The SMILES string of the molecule is C[C@H]1CC(Cn2ccc3nc(-c4cn[nH]c4)ccc32)CN1.Cc1cccc(S)c1. The lowest BCUT2D eigenvalue weighted by Gasteiger charge is -2.11. The van der Waals surface area contributed by atoms with E-state index < -0.39 is 0 Å². The molecule has 0 saturated carbocycles. The summed E-state index contributed by atoms with van der Waals surface area (Å²) < 4.78 is 2.33. The summed E-state index contributed by atoms with van der Waals surface area (Å²) in [5.41, 5.74) is 5.51. The molecule has 2 atom stereocenters. The molecule has 1 unspecified atom stereocenters. The highest BCUT2D eigenvalue weighted by Gasteiger charge is 2.21. The number of fused-ring (bicyclic) bond motifs is 1. The van der Waals surface area contributed by atoms with E-state index in [1.807, 2.05) is 24.4 Å². The number of nitrogens with zero attached hydrogens (tertiary/aromatic N) is 3. The Labute approximate surface area is 177 Å². The number of thiol groups is 1. The summed E-state index contributed by atoms with van der Waals surface area (Å²) in [5, 5.41) is 10.3. The summed E-state index contributed by atoms with van der Waals surface area (Å²) in [4.78, 5) is 5.76. The molecule has 150 valence electrons. The van der Waals surface area contributed by atoms with E-state index >= 15 is 0 Å². The van der Waals surface area contributed by atoms with Crippen molar-refractivity contribution in [2.75, 3.05) is 6.54 Å². The molecule has 1 aliphatic rings. The fraction of sp³-hybridized carbons (Fsp3) is 0.304. The minimum atomic E-state index is 0.641. The lowest BCUT2D eigenvalue weighted by atomic mass is 10.1. The number of nitrogens with one attached hydrogen (secondary N) is 2. The molecule has 1 aliphatic heterocycles. The Morgan fingerprint density at radius 1 is 1.21 bits per heavy atom. The second-order valence-corrected chi connectivity index (χ2v) is 8.32. The third kappa shape index (κ3) is 4.89. The standard InChI is InChI=1S/C16H19N5.C7H8S/c1-11-6-12(7-17-11)10-21-5-4-15-16(21)3-2-14(20-15)13-8-18-19-9-13;1-6-3-2-4-7(8)5-6/h2-5,8-9,11-12,17H,6-7,10H2,1H3,(H,18,19);2-5,8H,1H3/t11-,12?;/m0./s1. The van der Waals surface area contributed by atoms with Gasteiger partial charge in [0.2, 0.25) is 0 Å². The molecule has 5 nitrogen and oxygen atoms in total. The highest BCUT2D eigenvalue weighted by Crippen LogP contribution is 2.23. The Balaban J connectivity index is 0.000000216. The van der Waals surface area contributed by atoms with Crippen molar-refractivity contribution < 1.29 is 0 Å². The van der Waals surface area contributed by atoms with Crippen molar-refractivity contribution in [3.05, 3.63) is 66.6 Å². The van der Waals surface area contributed by atoms with Gasteiger partial charge in [0.1, 0.15) is 0 Å². The van der Waals surface area contributed by atoms with Gasteiger partial charge in [0, 0.05) is 35.4 Å². The maximum absolute atomic E-state index is 4.73. The van der Waals surface area contributed by atoms with Gasteiger partial charge in [-0.1, -0.05) is 17.7 Å². The van der Waals surface area contributed by atoms with Gasteiger partial charge in [-0.15, -0.1) is 12.6 Å². The van der Waals surface area contributed by atoms with E-state index in [2.05, 4.69) is 77.0 Å². The van der Waals surface area contributed by atoms with E-state index in [-0.39, 0.29) is 0 Å². The first-order valence-electron chi connectivity index (χ1n) is 10.0. The molecule has 1 fully saturated rings. The van der Waals surface area contributed by atoms with E-state index in [0.717, 1.165) is 34.8 Å². The van der Waals surface area contributed by atoms with Crippen LogP contribution in [0.3, 0.4) is 0 Å². The van der Waals surface area contributed by atoms with Gasteiger partial charge >= 0.3 is 0 Å². The maximum atomic E-state index is 4.73. The average molecular weight is 406 g/mol. The molecule has 0 amide bonds. The summed E-state index contributed by atoms with van der Waals surface area (Å²) >= 11 is 4.15. The molecule has 0 bridgehead atoms. The van der Waals surface area contributed by atoms with Crippen LogP contribution in [0.4, 0.5) is 0 Å². The van der Waals surface area contributed by atoms with Crippen molar-refractivity contribution in [2.24, 2.45) is 5.92 Å². The Bertz CT molecular complexity index is 1050. The molecule has 1 aromatic carbocycles. The van der Waals surface area contributed by atoms with Gasteiger partial charge in [0.05, 0.1) is 22.9 Å². The number of aryl methyl sites for hydroxylation is 1. The van der Waals surface area contributed by atoms with Gasteiger partial charge in [0.15, 0.2) is 0 Å². The first-order chi connectivity index (χ1) is 14.1. The molecule has 4 aromatic rings. The zero-order valence-corrected chi connectivity index (χ0v) is 17.7. The summed E-state index contributed by atoms with van der Waals surface area (Å²) in [6.07, 6.45) is 7.08. The lowest BCUT2D eigenvalue weighted by Crippen LogP contribution is -2.17. The smallest absolute Gasteiger partial charge is 0.0888 e. The van der Waals surface area contributed by atoms with Gasteiger partial charge < -0.3 is 9.88 Å². The molecule has 2 N–H and O–H groups in total. The minimum Gasteiger partial charge on any atom is -0.346 e. The molecule has 0 radical (unpaired) electrons. The summed E-state index contributed by atoms with van der Waals surface area (Å²) in [6, 6.07) is 15.0. The van der Waals surface area contributed by atoms with E-state index in [9.17, 15) is 0 Å². The van der Waals surface area contributed by atoms with Crippen LogP contribution in [0, 0.1) is 12.8 Å². The summed E-state index contributed by atoms with van der Waals surface area (Å²) in [6.45, 7) is 6.49. The predicted molar refractivity (Wildman–Crippen MR) is 121 cm³/mol. The Morgan fingerprint density at radius 3 is 2.76 bits per heavy atom. The Morgan fingerprint density at radius 2 is 2.10 bits per heavy atom. The monoisotopic (exact) mass is 405 g/mol. The summed E-state index contributed by atoms with van der Waals surface area (Å²) in [5.74, 6) is 0.712. The van der Waals surface area contributed by atoms with Crippen molar-refractivity contribution in [2.45, 2.75) is 37.8 Å². The minimum absolute atomic E-state index is 0.641. The highest BCUT2D eigenvalue weighted by atomic mass is 32.1. The predicted octanol–water partition coefficient (Wildman–Crippen LogP) is 4.71. The first kappa shape index (κ1) is 19.7. The van der Waals surface area contributed by atoms with Crippen LogP contribution in [0.2, 0.25) is 0 Å². The second-order valence-electron chi connectivity index (χ2n) is 7.81. The third-order valence-corrected chi connectivity index (χ3v) is 5.59. The van der Waals surface area contributed by atoms with E-state index in [1.54, 1.807) is 6.20 Å². The molecule has 5 rings (SSSR count). The largest absolute Gasteiger partial charge is 0.346 e. The Kier molecular flexibility index (Phi) is 6.02. The lowest BCUT2D eigenvalue weighted by molar-refractivity contribution is 0.483. The number of aromatic amines is 1. The zero-order chi connectivity index (χ0) is 20.2. The van der Waals surface area contributed by atoms with Crippen molar-refractivity contribution in [3.8, 4) is 11.3 Å². The molecule has 4 heterocycles. The molecular formula is C23H27N5S. The van der Waals surface area contributed by atoms with Crippen LogP contribution < -0.4 is 5.32 Å². The molecule has 1 saturated heterocycles. The number of aromatic nitrogens is 4. The second kappa shape index (κ2) is 8.84. The number of hydrogen-bond acceptors (Lipinski definition) is 4. The molecule has 29 heavy (non-hydrogen) atoms. The molecular weight excluding hydrogens is 378 g/mol. The van der Waals surface area contributed by atoms with Gasteiger partial charge in [-0.05, 0) is 63.1 Å². The van der Waals surface area contributed by atoms with Crippen LogP contribution in [-0.2, 0) is 6.54 Å². The van der Waals surface area contributed by atoms with Crippen LogP contribution in [0.1, 0.15) is 18.9 Å². The number of rotatable bonds is 3. The molecule has 0 spiro atoms. The van der Waals surface area contributed by atoms with Crippen LogP contribution in [0.15, 0.2) is 66.0 Å². The fourth-order valence-corrected chi connectivity index (χ4v) is 4.15. The van der Waals surface area contributed by atoms with Crippen LogP contribution in [0.5, 0.6) is 0 Å². The van der Waals surface area contributed by atoms with E-state index in [4.69, 9.17) is 4.98 Å². The maximum Gasteiger partial charge on any atom is 0.0888 e. The van der Waals surface area contributed by atoms with Crippen molar-refractivity contribution in [1.29, 1.82) is 0 Å². The van der Waals surface area contributed by atoms with Crippen molar-refractivity contribution >= 4 is 23.7 Å². The van der Waals surface area contributed by atoms with Crippen LogP contribution in [-0.4, -0.2) is 32.3 Å². The number of hydrogen-bond donors (Lipinski definition) is 3. The van der Waals surface area contributed by atoms with Gasteiger partial charge in [-0.3, -0.25) is 5.10 Å².